The lowest BCUT2D eigenvalue weighted by atomic mass is 9.69. The molecule has 0 aliphatic heterocycles. The van der Waals surface area contributed by atoms with Crippen LogP contribution in [0, 0.1) is 5.41 Å². The van der Waals surface area contributed by atoms with Crippen LogP contribution in [0.25, 0.3) is 0 Å². The van der Waals surface area contributed by atoms with E-state index in [2.05, 4.69) is 40.7 Å². The molecule has 0 nitrogen and oxygen atoms in total. The molecular formula is C14H24. The van der Waals surface area contributed by atoms with Crippen LogP contribution in [-0.2, 0) is 0 Å². The third-order valence-corrected chi connectivity index (χ3v) is 3.79. The number of allylic oxidation sites excluding steroid dienone is 4. The van der Waals surface area contributed by atoms with Gasteiger partial charge < -0.3 is 0 Å². The lowest BCUT2D eigenvalue weighted by Gasteiger charge is -2.36. The van der Waals surface area contributed by atoms with Crippen LogP contribution >= 0.6 is 0 Å². The Kier molecular flexibility index (Phi) is 3.58. The molecule has 1 aliphatic carbocycles. The highest BCUT2D eigenvalue weighted by Crippen LogP contribution is 2.43. The van der Waals surface area contributed by atoms with Crippen molar-refractivity contribution in [3.05, 3.63) is 22.8 Å². The van der Waals surface area contributed by atoms with E-state index in [1.165, 1.54) is 31.3 Å². The van der Waals surface area contributed by atoms with Gasteiger partial charge in [-0.1, -0.05) is 50.0 Å². The fraction of sp³-hybridized carbons (Fsp3) is 0.714. The molecule has 0 saturated carbocycles. The molecule has 80 valence electrons. The molecule has 1 rings (SSSR count). The van der Waals surface area contributed by atoms with Gasteiger partial charge in [0.2, 0.25) is 0 Å². The summed E-state index contributed by atoms with van der Waals surface area (Å²) in [5, 5.41) is 0. The molecule has 0 spiro atoms. The topological polar surface area (TPSA) is 0 Å². The van der Waals surface area contributed by atoms with Crippen LogP contribution in [0.4, 0.5) is 0 Å². The van der Waals surface area contributed by atoms with Crippen LogP contribution in [0.5, 0.6) is 0 Å². The first-order valence-corrected chi connectivity index (χ1v) is 5.91. The van der Waals surface area contributed by atoms with E-state index in [1.54, 1.807) is 11.1 Å². The molecule has 0 saturated heterocycles. The van der Waals surface area contributed by atoms with Gasteiger partial charge in [0.15, 0.2) is 0 Å². The average molecular weight is 192 g/mol. The Morgan fingerprint density at radius 1 is 1.29 bits per heavy atom. The molecule has 0 aromatic rings. The minimum Gasteiger partial charge on any atom is -0.0695 e. The average Bonchev–Trinajstić information content (AvgIpc) is 2.15. The molecule has 0 N–H and O–H groups in total. The lowest BCUT2D eigenvalue weighted by molar-refractivity contribution is 0.358. The molecule has 14 heavy (non-hydrogen) atoms. The number of rotatable bonds is 3. The van der Waals surface area contributed by atoms with Crippen molar-refractivity contribution in [2.75, 3.05) is 0 Å². The minimum absolute atomic E-state index is 0.444. The van der Waals surface area contributed by atoms with Crippen molar-refractivity contribution in [1.29, 1.82) is 0 Å². The molecule has 1 aliphatic rings. The zero-order valence-electron chi connectivity index (χ0n) is 10.4. The second-order valence-electron chi connectivity index (χ2n) is 4.97. The third kappa shape index (κ3) is 2.10. The highest BCUT2D eigenvalue weighted by atomic mass is 14.3. The highest BCUT2D eigenvalue weighted by molar-refractivity contribution is 5.35. The van der Waals surface area contributed by atoms with Gasteiger partial charge in [0, 0.05) is 0 Å². The van der Waals surface area contributed by atoms with Gasteiger partial charge in [-0.05, 0) is 38.5 Å². The zero-order valence-corrected chi connectivity index (χ0v) is 10.4. The molecule has 0 aromatic carbocycles. The van der Waals surface area contributed by atoms with Crippen molar-refractivity contribution < 1.29 is 0 Å². The van der Waals surface area contributed by atoms with Gasteiger partial charge in [-0.2, -0.15) is 0 Å². The normalized spacial score (nSPS) is 27.9. The predicted molar refractivity (Wildman–Crippen MR) is 64.4 cm³/mol. The summed E-state index contributed by atoms with van der Waals surface area (Å²) < 4.78 is 0. The molecule has 0 aromatic heterocycles. The van der Waals surface area contributed by atoms with E-state index >= 15 is 0 Å². The molecule has 0 amide bonds. The van der Waals surface area contributed by atoms with Crippen LogP contribution < -0.4 is 0 Å². The van der Waals surface area contributed by atoms with Crippen LogP contribution in [0.15, 0.2) is 22.8 Å². The fourth-order valence-electron chi connectivity index (χ4n) is 2.39. The van der Waals surface area contributed by atoms with Gasteiger partial charge in [-0.25, -0.2) is 0 Å². The van der Waals surface area contributed by atoms with Crippen molar-refractivity contribution >= 4 is 0 Å². The highest BCUT2D eigenvalue weighted by Gasteiger charge is 2.29. The summed E-state index contributed by atoms with van der Waals surface area (Å²) in [5.41, 5.74) is 5.19. The maximum absolute atomic E-state index is 2.44. The Morgan fingerprint density at radius 3 is 2.43 bits per heavy atom. The van der Waals surface area contributed by atoms with E-state index in [0.717, 1.165) is 0 Å². The summed E-state index contributed by atoms with van der Waals surface area (Å²) in [6.45, 7) is 11.5. The summed E-state index contributed by atoms with van der Waals surface area (Å²) in [5.74, 6) is 0. The van der Waals surface area contributed by atoms with E-state index in [0.29, 0.717) is 5.41 Å². The molecule has 0 heterocycles. The van der Waals surface area contributed by atoms with Gasteiger partial charge in [-0.15, -0.1) is 0 Å². The van der Waals surface area contributed by atoms with Crippen molar-refractivity contribution in [3.63, 3.8) is 0 Å². The quantitative estimate of drug-likeness (QED) is 0.598. The fourth-order valence-corrected chi connectivity index (χ4v) is 2.39. The minimum atomic E-state index is 0.444. The summed E-state index contributed by atoms with van der Waals surface area (Å²) in [6.07, 6.45) is 7.51. The van der Waals surface area contributed by atoms with E-state index in [-0.39, 0.29) is 0 Å². The van der Waals surface area contributed by atoms with Crippen molar-refractivity contribution in [2.45, 2.75) is 60.3 Å². The second-order valence-corrected chi connectivity index (χ2v) is 4.97. The SMILES string of the molecule is CCCC1=CC(C)=C(C)CC1(C)CC. The number of hydrogen-bond acceptors (Lipinski definition) is 0. The molecular weight excluding hydrogens is 168 g/mol. The molecule has 0 heteroatoms. The van der Waals surface area contributed by atoms with E-state index in [1.807, 2.05) is 0 Å². The molecule has 1 atom stereocenters. The van der Waals surface area contributed by atoms with Crippen molar-refractivity contribution in [2.24, 2.45) is 5.41 Å². The van der Waals surface area contributed by atoms with E-state index < -0.39 is 0 Å². The Bertz CT molecular complexity index is 268. The van der Waals surface area contributed by atoms with Crippen LogP contribution in [0.3, 0.4) is 0 Å². The van der Waals surface area contributed by atoms with Gasteiger partial charge in [-0.3, -0.25) is 0 Å². The molecule has 0 bridgehead atoms. The van der Waals surface area contributed by atoms with Crippen LogP contribution in [0.2, 0.25) is 0 Å². The maximum Gasteiger partial charge on any atom is -0.00786 e. The lowest BCUT2D eigenvalue weighted by Crippen LogP contribution is -2.22. The van der Waals surface area contributed by atoms with Crippen molar-refractivity contribution in [3.8, 4) is 0 Å². The monoisotopic (exact) mass is 192 g/mol. The van der Waals surface area contributed by atoms with E-state index in [4.69, 9.17) is 0 Å². The third-order valence-electron chi connectivity index (χ3n) is 3.79. The van der Waals surface area contributed by atoms with Gasteiger partial charge in [0.1, 0.15) is 0 Å². The Hall–Kier alpha value is -0.520. The smallest absolute Gasteiger partial charge is 0.00786 e. The largest absolute Gasteiger partial charge is 0.0695 e. The summed E-state index contributed by atoms with van der Waals surface area (Å²) in [7, 11) is 0. The maximum atomic E-state index is 2.44. The van der Waals surface area contributed by atoms with Gasteiger partial charge in [0.25, 0.3) is 0 Å². The van der Waals surface area contributed by atoms with Gasteiger partial charge in [0.05, 0.1) is 0 Å². The van der Waals surface area contributed by atoms with Crippen molar-refractivity contribution in [1.82, 2.24) is 0 Å². The summed E-state index contributed by atoms with van der Waals surface area (Å²) >= 11 is 0. The second kappa shape index (κ2) is 4.33. The first-order chi connectivity index (χ1) is 6.53. The Labute approximate surface area is 89.1 Å². The van der Waals surface area contributed by atoms with E-state index in [9.17, 15) is 0 Å². The zero-order chi connectivity index (χ0) is 10.8. The standard InChI is InChI=1S/C14H24/c1-6-8-13-9-11(3)12(4)10-14(13,5)7-2/h9H,6-8,10H2,1-5H3. The van der Waals surface area contributed by atoms with Gasteiger partial charge >= 0.3 is 0 Å². The summed E-state index contributed by atoms with van der Waals surface area (Å²) in [6, 6.07) is 0. The Balaban J connectivity index is 2.99. The summed E-state index contributed by atoms with van der Waals surface area (Å²) in [4.78, 5) is 0. The van der Waals surface area contributed by atoms with Crippen LogP contribution in [-0.4, -0.2) is 0 Å². The van der Waals surface area contributed by atoms with Crippen LogP contribution in [0.1, 0.15) is 60.3 Å². The molecule has 0 fully saturated rings. The molecule has 0 radical (unpaired) electrons. The molecule has 1 unspecified atom stereocenters. The predicted octanol–water partition coefficient (Wildman–Crippen LogP) is 4.87. The number of hydrogen-bond donors (Lipinski definition) is 0. The Morgan fingerprint density at radius 2 is 1.93 bits per heavy atom. The first kappa shape index (κ1) is 11.6. The first-order valence-electron chi connectivity index (χ1n) is 5.91.